The normalized spacial score (nSPS) is 10.2. The van der Waals surface area contributed by atoms with Gasteiger partial charge in [0.1, 0.15) is 12.4 Å². The molecule has 0 radical (unpaired) electrons. The summed E-state index contributed by atoms with van der Waals surface area (Å²) in [5, 5.41) is 6.68. The summed E-state index contributed by atoms with van der Waals surface area (Å²) in [6.07, 6.45) is 0.114. The van der Waals surface area contributed by atoms with Crippen molar-refractivity contribution in [1.82, 2.24) is 26.0 Å². The third kappa shape index (κ3) is 4.07. The highest BCUT2D eigenvalue weighted by atomic mass is 16.5. The van der Waals surface area contributed by atoms with Crippen LogP contribution in [-0.2, 0) is 17.8 Å². The number of nitrogens with zero attached hydrogens (tertiary/aromatic N) is 2. The summed E-state index contributed by atoms with van der Waals surface area (Å²) in [4.78, 5) is 15.5. The number of hydrazine groups is 1. The van der Waals surface area contributed by atoms with Crippen molar-refractivity contribution in [3.8, 4) is 5.75 Å². The van der Waals surface area contributed by atoms with Gasteiger partial charge in [-0.15, -0.1) is 0 Å². The van der Waals surface area contributed by atoms with Crippen molar-refractivity contribution in [2.45, 2.75) is 13.0 Å². The van der Waals surface area contributed by atoms with Gasteiger partial charge in [0.05, 0.1) is 6.42 Å². The fourth-order valence-electron chi connectivity index (χ4n) is 1.47. The first-order chi connectivity index (χ1) is 9.28. The minimum Gasteiger partial charge on any atom is -0.486 e. The minimum atomic E-state index is -0.197. The molecule has 2 rings (SSSR count). The molecule has 7 nitrogen and oxygen atoms in total. The number of para-hydroxylation sites is 1. The van der Waals surface area contributed by atoms with Crippen LogP contribution in [0.25, 0.3) is 0 Å². The molecule has 0 bridgehead atoms. The first kappa shape index (κ1) is 13.0. The van der Waals surface area contributed by atoms with Crippen LogP contribution in [0.4, 0.5) is 0 Å². The first-order valence-electron chi connectivity index (χ1n) is 5.81. The molecule has 0 spiro atoms. The number of H-pyrrole nitrogens is 1. The number of rotatable bonds is 6. The predicted molar refractivity (Wildman–Crippen MR) is 68.1 cm³/mol. The van der Waals surface area contributed by atoms with E-state index in [1.165, 1.54) is 0 Å². The van der Waals surface area contributed by atoms with Gasteiger partial charge in [0.2, 0.25) is 5.91 Å². The topological polar surface area (TPSA) is 91.9 Å². The Kier molecular flexibility index (Phi) is 4.46. The Morgan fingerprint density at radius 1 is 1.37 bits per heavy atom. The summed E-state index contributed by atoms with van der Waals surface area (Å²) in [5.74, 6) is 1.57. The van der Waals surface area contributed by atoms with Gasteiger partial charge in [-0.3, -0.25) is 15.3 Å². The summed E-state index contributed by atoms with van der Waals surface area (Å²) >= 11 is 0. The van der Waals surface area contributed by atoms with E-state index in [4.69, 9.17) is 4.74 Å². The molecule has 0 saturated carbocycles. The molecule has 1 heterocycles. The average Bonchev–Trinajstić information content (AvgIpc) is 2.85. The number of hydrogen-bond acceptors (Lipinski definition) is 5. The van der Waals surface area contributed by atoms with E-state index in [0.29, 0.717) is 11.6 Å². The molecular weight excluding hydrogens is 246 g/mol. The Morgan fingerprint density at radius 3 is 2.89 bits per heavy atom. The van der Waals surface area contributed by atoms with Gasteiger partial charge >= 0.3 is 0 Å². The van der Waals surface area contributed by atoms with E-state index in [1.807, 2.05) is 30.3 Å². The average molecular weight is 261 g/mol. The standard InChI is InChI=1S/C12H15N5O2/c1-13-17-12(18)7-10-14-11(16-15-10)8-19-9-5-3-2-4-6-9/h2-6,13H,7-8H2,1H3,(H,17,18)(H,14,15,16). The number of hydrogen-bond donors (Lipinski definition) is 3. The van der Waals surface area contributed by atoms with Crippen LogP contribution in [0.2, 0.25) is 0 Å². The van der Waals surface area contributed by atoms with Gasteiger partial charge in [-0.25, -0.2) is 10.4 Å². The second kappa shape index (κ2) is 6.50. The third-order valence-electron chi connectivity index (χ3n) is 2.28. The summed E-state index contributed by atoms with van der Waals surface area (Å²) in [7, 11) is 1.62. The van der Waals surface area contributed by atoms with Crippen molar-refractivity contribution >= 4 is 5.91 Å². The first-order valence-corrected chi connectivity index (χ1v) is 5.81. The molecule has 3 N–H and O–H groups in total. The van der Waals surface area contributed by atoms with Gasteiger partial charge in [0.25, 0.3) is 0 Å². The van der Waals surface area contributed by atoms with Crippen molar-refractivity contribution in [2.24, 2.45) is 0 Å². The second-order valence-electron chi connectivity index (χ2n) is 3.78. The van der Waals surface area contributed by atoms with Gasteiger partial charge in [0.15, 0.2) is 11.6 Å². The molecule has 1 aromatic heterocycles. The molecule has 0 aliphatic rings. The van der Waals surface area contributed by atoms with Crippen LogP contribution in [0, 0.1) is 0 Å². The summed E-state index contributed by atoms with van der Waals surface area (Å²) in [5.41, 5.74) is 5.00. The van der Waals surface area contributed by atoms with Gasteiger partial charge < -0.3 is 4.74 Å². The van der Waals surface area contributed by atoms with E-state index in [-0.39, 0.29) is 18.9 Å². The molecule has 0 aliphatic heterocycles. The quantitative estimate of drug-likeness (QED) is 0.645. The second-order valence-corrected chi connectivity index (χ2v) is 3.78. The maximum Gasteiger partial charge on any atom is 0.241 e. The summed E-state index contributed by atoms with van der Waals surface area (Å²) in [6, 6.07) is 9.42. The van der Waals surface area contributed by atoms with Gasteiger partial charge in [-0.05, 0) is 12.1 Å². The van der Waals surface area contributed by atoms with E-state index in [0.717, 1.165) is 5.75 Å². The summed E-state index contributed by atoms with van der Waals surface area (Å²) in [6.45, 7) is 0.282. The van der Waals surface area contributed by atoms with Crippen LogP contribution in [0.5, 0.6) is 5.75 Å². The molecule has 19 heavy (non-hydrogen) atoms. The Labute approximate surface area is 110 Å². The van der Waals surface area contributed by atoms with Crippen molar-refractivity contribution in [3.05, 3.63) is 42.0 Å². The van der Waals surface area contributed by atoms with E-state index < -0.39 is 0 Å². The molecule has 2 aromatic rings. The zero-order valence-corrected chi connectivity index (χ0v) is 10.5. The Hall–Kier alpha value is -2.41. The lowest BCUT2D eigenvalue weighted by Crippen LogP contribution is -2.35. The van der Waals surface area contributed by atoms with Crippen molar-refractivity contribution in [3.63, 3.8) is 0 Å². The number of nitrogens with one attached hydrogen (secondary N) is 3. The zero-order valence-electron chi connectivity index (χ0n) is 10.5. The Bertz CT molecular complexity index is 526. The smallest absolute Gasteiger partial charge is 0.241 e. The van der Waals surface area contributed by atoms with Crippen molar-refractivity contribution < 1.29 is 9.53 Å². The van der Waals surface area contributed by atoms with Crippen LogP contribution in [0.1, 0.15) is 11.6 Å². The van der Waals surface area contributed by atoms with Crippen LogP contribution < -0.4 is 15.6 Å². The van der Waals surface area contributed by atoms with Gasteiger partial charge in [-0.1, -0.05) is 18.2 Å². The number of aromatic nitrogens is 3. The largest absolute Gasteiger partial charge is 0.486 e. The Morgan fingerprint density at radius 2 is 2.16 bits per heavy atom. The Balaban J connectivity index is 1.85. The monoisotopic (exact) mass is 261 g/mol. The SMILES string of the molecule is CNNC(=O)Cc1n[nH]c(COc2ccccc2)n1. The van der Waals surface area contributed by atoms with Crippen LogP contribution in [0.3, 0.4) is 0 Å². The van der Waals surface area contributed by atoms with Crippen LogP contribution >= 0.6 is 0 Å². The van der Waals surface area contributed by atoms with E-state index in [2.05, 4.69) is 26.0 Å². The molecule has 100 valence electrons. The van der Waals surface area contributed by atoms with Crippen molar-refractivity contribution in [1.29, 1.82) is 0 Å². The molecule has 0 atom stereocenters. The molecule has 0 saturated heterocycles. The number of ether oxygens (including phenoxy) is 1. The van der Waals surface area contributed by atoms with E-state index >= 15 is 0 Å². The lowest BCUT2D eigenvalue weighted by atomic mass is 10.3. The van der Waals surface area contributed by atoms with Crippen LogP contribution in [0.15, 0.2) is 30.3 Å². The van der Waals surface area contributed by atoms with Crippen molar-refractivity contribution in [2.75, 3.05) is 7.05 Å². The maximum absolute atomic E-state index is 11.3. The molecule has 0 aliphatic carbocycles. The zero-order chi connectivity index (χ0) is 13.5. The number of aromatic amines is 1. The number of benzene rings is 1. The summed E-state index contributed by atoms with van der Waals surface area (Å²) < 4.78 is 5.51. The lowest BCUT2D eigenvalue weighted by Gasteiger charge is -2.02. The number of amides is 1. The lowest BCUT2D eigenvalue weighted by molar-refractivity contribution is -0.121. The van der Waals surface area contributed by atoms with Gasteiger partial charge in [0, 0.05) is 7.05 Å². The molecule has 0 unspecified atom stereocenters. The highest BCUT2D eigenvalue weighted by molar-refractivity contribution is 5.77. The number of carbonyl (C=O) groups excluding carboxylic acids is 1. The van der Waals surface area contributed by atoms with E-state index in [9.17, 15) is 4.79 Å². The van der Waals surface area contributed by atoms with E-state index in [1.54, 1.807) is 7.05 Å². The minimum absolute atomic E-state index is 0.114. The van der Waals surface area contributed by atoms with Crippen LogP contribution in [-0.4, -0.2) is 28.1 Å². The highest BCUT2D eigenvalue weighted by Gasteiger charge is 2.08. The predicted octanol–water partition coefficient (Wildman–Crippen LogP) is 0.177. The molecular formula is C12H15N5O2. The molecule has 1 amide bonds. The maximum atomic E-state index is 11.3. The highest BCUT2D eigenvalue weighted by Crippen LogP contribution is 2.09. The molecule has 1 aromatic carbocycles. The molecule has 0 fully saturated rings. The number of carbonyl (C=O) groups is 1. The molecule has 7 heteroatoms. The van der Waals surface area contributed by atoms with Gasteiger partial charge in [-0.2, -0.15) is 5.10 Å². The fraction of sp³-hybridized carbons (Fsp3) is 0.250. The third-order valence-corrected chi connectivity index (χ3v) is 2.28. The fourth-order valence-corrected chi connectivity index (χ4v) is 1.47.